The first-order valence-electron chi connectivity index (χ1n) is 6.89. The van der Waals surface area contributed by atoms with Crippen LogP contribution >= 0.6 is 0 Å². The smallest absolute Gasteiger partial charge is 0.239 e. The zero-order valence-corrected chi connectivity index (χ0v) is 11.3. The molecule has 2 aliphatic heterocycles. The summed E-state index contributed by atoms with van der Waals surface area (Å²) in [7, 11) is 0. The molecule has 3 rings (SSSR count). The van der Waals surface area contributed by atoms with Gasteiger partial charge in [0.1, 0.15) is 19.3 Å². The maximum Gasteiger partial charge on any atom is 0.239 e. The van der Waals surface area contributed by atoms with Crippen LogP contribution in [0.2, 0.25) is 0 Å². The van der Waals surface area contributed by atoms with Crippen LogP contribution in [0.5, 0.6) is 11.5 Å². The van der Waals surface area contributed by atoms with E-state index in [0.717, 1.165) is 37.5 Å². The van der Waals surface area contributed by atoms with Crippen molar-refractivity contribution in [3.63, 3.8) is 0 Å². The van der Waals surface area contributed by atoms with Gasteiger partial charge in [0.25, 0.3) is 0 Å². The topological polar surface area (TPSA) is 76.8 Å². The largest absolute Gasteiger partial charge is 0.486 e. The molecule has 0 aromatic heterocycles. The molecule has 1 fully saturated rings. The summed E-state index contributed by atoms with van der Waals surface area (Å²) in [5.74, 6) is 1.09. The highest BCUT2D eigenvalue weighted by Crippen LogP contribution is 2.34. The number of carbonyl (C=O) groups is 1. The Morgan fingerprint density at radius 1 is 1.20 bits per heavy atom. The first-order valence-corrected chi connectivity index (χ1v) is 6.89. The summed E-state index contributed by atoms with van der Waals surface area (Å²) in [5.41, 5.74) is 6.47. The van der Waals surface area contributed by atoms with E-state index < -0.39 is 6.04 Å². The summed E-state index contributed by atoms with van der Waals surface area (Å²) in [4.78, 5) is 14.0. The van der Waals surface area contributed by atoms with Crippen LogP contribution in [0.3, 0.4) is 0 Å². The molecule has 1 amide bonds. The number of hydrogen-bond donors (Lipinski definition) is 2. The molecule has 0 aliphatic carbocycles. The van der Waals surface area contributed by atoms with E-state index in [2.05, 4.69) is 10.2 Å². The number of rotatable bonds is 3. The molecule has 0 radical (unpaired) electrons. The minimum Gasteiger partial charge on any atom is -0.486 e. The number of primary amides is 1. The van der Waals surface area contributed by atoms with E-state index in [0.29, 0.717) is 19.0 Å². The SMILES string of the molecule is NC(=O)C(c1ccc2c(c1)OCCO2)N1CCNCC1. The van der Waals surface area contributed by atoms with Gasteiger partial charge in [-0.1, -0.05) is 6.07 Å². The molecule has 6 nitrogen and oxygen atoms in total. The first kappa shape index (κ1) is 13.2. The van der Waals surface area contributed by atoms with Crippen molar-refractivity contribution in [2.45, 2.75) is 6.04 Å². The second kappa shape index (κ2) is 5.68. The quantitative estimate of drug-likeness (QED) is 0.806. The van der Waals surface area contributed by atoms with Gasteiger partial charge in [-0.2, -0.15) is 0 Å². The average Bonchev–Trinajstić information content (AvgIpc) is 2.48. The number of fused-ring (bicyclic) bond motifs is 1. The third-order valence-corrected chi connectivity index (χ3v) is 3.67. The van der Waals surface area contributed by atoms with Gasteiger partial charge < -0.3 is 20.5 Å². The Morgan fingerprint density at radius 3 is 2.60 bits per heavy atom. The van der Waals surface area contributed by atoms with E-state index in [1.807, 2.05) is 18.2 Å². The summed E-state index contributed by atoms with van der Waals surface area (Å²) >= 11 is 0. The van der Waals surface area contributed by atoms with E-state index in [1.54, 1.807) is 0 Å². The normalized spacial score (nSPS) is 20.4. The van der Waals surface area contributed by atoms with Gasteiger partial charge in [0.05, 0.1) is 0 Å². The number of carbonyl (C=O) groups excluding carboxylic acids is 1. The highest BCUT2D eigenvalue weighted by Gasteiger charge is 2.28. The van der Waals surface area contributed by atoms with Crippen LogP contribution in [0, 0.1) is 0 Å². The second-order valence-corrected chi connectivity index (χ2v) is 4.99. The zero-order valence-electron chi connectivity index (χ0n) is 11.3. The fourth-order valence-electron chi connectivity index (χ4n) is 2.73. The third kappa shape index (κ3) is 2.57. The molecule has 1 aromatic rings. The highest BCUT2D eigenvalue weighted by atomic mass is 16.6. The third-order valence-electron chi connectivity index (χ3n) is 3.67. The highest BCUT2D eigenvalue weighted by molar-refractivity contribution is 5.81. The Labute approximate surface area is 117 Å². The van der Waals surface area contributed by atoms with Gasteiger partial charge in [0.2, 0.25) is 5.91 Å². The van der Waals surface area contributed by atoms with Crippen LogP contribution in [-0.2, 0) is 4.79 Å². The fraction of sp³-hybridized carbons (Fsp3) is 0.500. The van der Waals surface area contributed by atoms with Crippen molar-refractivity contribution < 1.29 is 14.3 Å². The summed E-state index contributed by atoms with van der Waals surface area (Å²) in [5, 5.41) is 3.27. The minimum atomic E-state index is -0.409. The number of amides is 1. The van der Waals surface area contributed by atoms with Crippen LogP contribution < -0.4 is 20.5 Å². The molecule has 0 spiro atoms. The van der Waals surface area contributed by atoms with Crippen LogP contribution in [0.1, 0.15) is 11.6 Å². The Morgan fingerprint density at radius 2 is 1.90 bits per heavy atom. The van der Waals surface area contributed by atoms with E-state index in [1.165, 1.54) is 0 Å². The number of nitrogens with two attached hydrogens (primary N) is 1. The lowest BCUT2D eigenvalue weighted by Crippen LogP contribution is -2.48. The van der Waals surface area contributed by atoms with Crippen molar-refractivity contribution in [2.24, 2.45) is 5.73 Å². The summed E-state index contributed by atoms with van der Waals surface area (Å²) in [6, 6.07) is 5.20. The van der Waals surface area contributed by atoms with E-state index in [-0.39, 0.29) is 5.91 Å². The lowest BCUT2D eigenvalue weighted by Gasteiger charge is -2.33. The van der Waals surface area contributed by atoms with Crippen molar-refractivity contribution >= 4 is 5.91 Å². The van der Waals surface area contributed by atoms with E-state index in [4.69, 9.17) is 15.2 Å². The summed E-state index contributed by atoms with van der Waals surface area (Å²) in [6.07, 6.45) is 0. The maximum atomic E-state index is 11.9. The summed E-state index contributed by atoms with van der Waals surface area (Å²) < 4.78 is 11.1. The van der Waals surface area contributed by atoms with Crippen LogP contribution in [-0.4, -0.2) is 50.2 Å². The van der Waals surface area contributed by atoms with Crippen molar-refractivity contribution in [1.82, 2.24) is 10.2 Å². The van der Waals surface area contributed by atoms with Gasteiger partial charge in [-0.15, -0.1) is 0 Å². The predicted molar refractivity (Wildman–Crippen MR) is 73.8 cm³/mol. The molecule has 1 saturated heterocycles. The molecular formula is C14H19N3O3. The standard InChI is InChI=1S/C14H19N3O3/c15-14(18)13(17-5-3-16-4-6-17)10-1-2-11-12(9-10)20-8-7-19-11/h1-2,9,13,16H,3-8H2,(H2,15,18). The second-order valence-electron chi connectivity index (χ2n) is 4.99. The molecule has 2 heterocycles. The summed E-state index contributed by atoms with van der Waals surface area (Å²) in [6.45, 7) is 4.45. The number of piperazine rings is 1. The molecule has 1 unspecified atom stereocenters. The maximum absolute atomic E-state index is 11.9. The molecule has 6 heteroatoms. The predicted octanol–water partition coefficient (Wildman–Crippen LogP) is -0.111. The van der Waals surface area contributed by atoms with E-state index >= 15 is 0 Å². The Bertz CT molecular complexity index is 500. The van der Waals surface area contributed by atoms with Gasteiger partial charge in [-0.3, -0.25) is 9.69 Å². The first-order chi connectivity index (χ1) is 9.75. The van der Waals surface area contributed by atoms with Gasteiger partial charge in [0.15, 0.2) is 11.5 Å². The van der Waals surface area contributed by atoms with Crippen molar-refractivity contribution in [2.75, 3.05) is 39.4 Å². The molecule has 2 aliphatic rings. The monoisotopic (exact) mass is 277 g/mol. The molecule has 1 atom stereocenters. The van der Waals surface area contributed by atoms with Gasteiger partial charge in [-0.25, -0.2) is 0 Å². The Kier molecular flexibility index (Phi) is 3.75. The van der Waals surface area contributed by atoms with Gasteiger partial charge >= 0.3 is 0 Å². The molecule has 0 saturated carbocycles. The van der Waals surface area contributed by atoms with Crippen molar-refractivity contribution in [3.8, 4) is 11.5 Å². The van der Waals surface area contributed by atoms with Crippen LogP contribution in [0.25, 0.3) is 0 Å². The average molecular weight is 277 g/mol. The minimum absolute atomic E-state index is 0.330. The zero-order chi connectivity index (χ0) is 13.9. The molecule has 1 aromatic carbocycles. The van der Waals surface area contributed by atoms with Gasteiger partial charge in [-0.05, 0) is 17.7 Å². The Hall–Kier alpha value is -1.79. The lowest BCUT2D eigenvalue weighted by molar-refractivity contribution is -0.123. The number of hydrogen-bond acceptors (Lipinski definition) is 5. The number of benzene rings is 1. The van der Waals surface area contributed by atoms with Crippen LogP contribution in [0.15, 0.2) is 18.2 Å². The van der Waals surface area contributed by atoms with E-state index in [9.17, 15) is 4.79 Å². The lowest BCUT2D eigenvalue weighted by atomic mass is 10.0. The van der Waals surface area contributed by atoms with Gasteiger partial charge in [0, 0.05) is 26.2 Å². The molecular weight excluding hydrogens is 258 g/mol. The number of nitrogens with one attached hydrogen (secondary N) is 1. The molecule has 108 valence electrons. The van der Waals surface area contributed by atoms with Crippen molar-refractivity contribution in [3.05, 3.63) is 23.8 Å². The van der Waals surface area contributed by atoms with Crippen LogP contribution in [0.4, 0.5) is 0 Å². The Balaban J connectivity index is 1.88. The number of ether oxygens (including phenoxy) is 2. The fourth-order valence-corrected chi connectivity index (χ4v) is 2.73. The van der Waals surface area contributed by atoms with Crippen molar-refractivity contribution in [1.29, 1.82) is 0 Å². The number of nitrogens with zero attached hydrogens (tertiary/aromatic N) is 1. The molecule has 0 bridgehead atoms. The molecule has 3 N–H and O–H groups in total. The molecule has 20 heavy (non-hydrogen) atoms.